The minimum absolute atomic E-state index is 0.112. The van der Waals surface area contributed by atoms with Gasteiger partial charge in [-0.15, -0.1) is 0 Å². The standard InChI is InChI=1S/C13H25N3O2/c1-6-14-12(13(17-4)18-5)9-11-7-8-16(15-11)10(2)3/h7-8,10,12-14H,6,9H2,1-5H3. The molecule has 0 fully saturated rings. The van der Waals surface area contributed by atoms with Crippen LogP contribution in [0.25, 0.3) is 0 Å². The zero-order valence-electron chi connectivity index (χ0n) is 12.0. The lowest BCUT2D eigenvalue weighted by Crippen LogP contribution is -2.43. The van der Waals surface area contributed by atoms with Gasteiger partial charge in [-0.3, -0.25) is 4.68 Å². The molecule has 0 radical (unpaired) electrons. The highest BCUT2D eigenvalue weighted by Crippen LogP contribution is 2.10. The Bertz CT molecular complexity index is 335. The van der Waals surface area contributed by atoms with Gasteiger partial charge in [-0.1, -0.05) is 6.92 Å². The van der Waals surface area contributed by atoms with E-state index < -0.39 is 0 Å². The molecule has 0 bridgehead atoms. The summed E-state index contributed by atoms with van der Waals surface area (Å²) in [5, 5.41) is 7.92. The van der Waals surface area contributed by atoms with E-state index in [9.17, 15) is 0 Å². The Hall–Kier alpha value is -0.910. The van der Waals surface area contributed by atoms with Crippen molar-refractivity contribution < 1.29 is 9.47 Å². The number of hydrogen-bond acceptors (Lipinski definition) is 4. The molecular weight excluding hydrogens is 230 g/mol. The van der Waals surface area contributed by atoms with Gasteiger partial charge in [0, 0.05) is 32.9 Å². The second kappa shape index (κ2) is 7.51. The van der Waals surface area contributed by atoms with Crippen molar-refractivity contribution in [2.75, 3.05) is 20.8 Å². The van der Waals surface area contributed by atoms with E-state index in [0.29, 0.717) is 6.04 Å². The van der Waals surface area contributed by atoms with Crippen LogP contribution in [-0.4, -0.2) is 42.9 Å². The van der Waals surface area contributed by atoms with Crippen LogP contribution in [0.3, 0.4) is 0 Å². The van der Waals surface area contributed by atoms with Gasteiger partial charge in [0.15, 0.2) is 6.29 Å². The summed E-state index contributed by atoms with van der Waals surface area (Å²) in [6.07, 6.45) is 2.55. The van der Waals surface area contributed by atoms with E-state index in [4.69, 9.17) is 9.47 Å². The third-order valence-electron chi connectivity index (χ3n) is 2.88. The third kappa shape index (κ3) is 4.08. The van der Waals surface area contributed by atoms with Crippen LogP contribution in [0.4, 0.5) is 0 Å². The lowest BCUT2D eigenvalue weighted by molar-refractivity contribution is -0.122. The molecule has 1 N–H and O–H groups in total. The summed E-state index contributed by atoms with van der Waals surface area (Å²) in [4.78, 5) is 0. The minimum Gasteiger partial charge on any atom is -0.354 e. The summed E-state index contributed by atoms with van der Waals surface area (Å²) < 4.78 is 12.6. The van der Waals surface area contributed by atoms with Crippen molar-refractivity contribution in [1.29, 1.82) is 0 Å². The van der Waals surface area contributed by atoms with Crippen molar-refractivity contribution in [3.8, 4) is 0 Å². The number of likely N-dealkylation sites (N-methyl/N-ethyl adjacent to an activating group) is 1. The van der Waals surface area contributed by atoms with Crippen LogP contribution in [0.15, 0.2) is 12.3 Å². The van der Waals surface area contributed by atoms with Crippen LogP contribution in [0.5, 0.6) is 0 Å². The van der Waals surface area contributed by atoms with Gasteiger partial charge in [0.25, 0.3) is 0 Å². The Morgan fingerprint density at radius 2 is 2.00 bits per heavy atom. The largest absolute Gasteiger partial charge is 0.354 e. The number of ether oxygens (including phenoxy) is 2. The van der Waals surface area contributed by atoms with Gasteiger partial charge < -0.3 is 14.8 Å². The first kappa shape index (κ1) is 15.1. The van der Waals surface area contributed by atoms with Crippen LogP contribution in [0.2, 0.25) is 0 Å². The second-order valence-corrected chi connectivity index (χ2v) is 4.59. The van der Waals surface area contributed by atoms with Gasteiger partial charge >= 0.3 is 0 Å². The highest BCUT2D eigenvalue weighted by atomic mass is 16.7. The molecule has 1 unspecified atom stereocenters. The van der Waals surface area contributed by atoms with Crippen molar-refractivity contribution in [2.24, 2.45) is 0 Å². The SMILES string of the molecule is CCNC(Cc1ccn(C(C)C)n1)C(OC)OC. The van der Waals surface area contributed by atoms with E-state index in [0.717, 1.165) is 18.7 Å². The number of nitrogens with one attached hydrogen (secondary N) is 1. The van der Waals surface area contributed by atoms with Crippen LogP contribution in [0.1, 0.15) is 32.5 Å². The first-order valence-electron chi connectivity index (χ1n) is 6.45. The molecule has 1 aromatic rings. The molecule has 0 spiro atoms. The average molecular weight is 255 g/mol. The number of nitrogens with zero attached hydrogens (tertiary/aromatic N) is 2. The van der Waals surface area contributed by atoms with Gasteiger partial charge in [0.2, 0.25) is 0 Å². The predicted octanol–water partition coefficient (Wildman–Crippen LogP) is 1.60. The minimum atomic E-state index is -0.255. The summed E-state index contributed by atoms with van der Waals surface area (Å²) in [6.45, 7) is 7.18. The Balaban J connectivity index is 2.69. The van der Waals surface area contributed by atoms with Gasteiger partial charge in [0.1, 0.15) is 0 Å². The van der Waals surface area contributed by atoms with E-state index >= 15 is 0 Å². The summed E-state index contributed by atoms with van der Waals surface area (Å²) in [6, 6.07) is 2.55. The van der Waals surface area contributed by atoms with Crippen molar-refractivity contribution in [1.82, 2.24) is 15.1 Å². The highest BCUT2D eigenvalue weighted by molar-refractivity contribution is 5.02. The van der Waals surface area contributed by atoms with Crippen LogP contribution >= 0.6 is 0 Å². The number of hydrogen-bond donors (Lipinski definition) is 1. The first-order valence-corrected chi connectivity index (χ1v) is 6.45. The van der Waals surface area contributed by atoms with E-state index in [1.807, 2.05) is 16.9 Å². The first-order chi connectivity index (χ1) is 8.62. The fourth-order valence-corrected chi connectivity index (χ4v) is 1.95. The molecule has 1 atom stereocenters. The normalized spacial score (nSPS) is 13.5. The molecule has 0 aromatic carbocycles. The maximum atomic E-state index is 5.32. The molecule has 18 heavy (non-hydrogen) atoms. The molecule has 104 valence electrons. The topological polar surface area (TPSA) is 48.3 Å². The molecule has 0 aliphatic heterocycles. The molecule has 0 aliphatic carbocycles. The van der Waals surface area contributed by atoms with E-state index in [2.05, 4.69) is 31.2 Å². The van der Waals surface area contributed by atoms with Gasteiger partial charge in [-0.2, -0.15) is 5.10 Å². The van der Waals surface area contributed by atoms with Gasteiger partial charge in [-0.05, 0) is 26.5 Å². The molecule has 5 heteroatoms. The van der Waals surface area contributed by atoms with Crippen molar-refractivity contribution in [3.63, 3.8) is 0 Å². The molecule has 0 saturated heterocycles. The molecule has 1 aromatic heterocycles. The molecule has 0 aliphatic rings. The van der Waals surface area contributed by atoms with Gasteiger partial charge in [0.05, 0.1) is 11.7 Å². The van der Waals surface area contributed by atoms with Crippen molar-refractivity contribution >= 4 is 0 Å². The zero-order chi connectivity index (χ0) is 13.5. The summed E-state index contributed by atoms with van der Waals surface area (Å²) >= 11 is 0. The smallest absolute Gasteiger partial charge is 0.172 e. The Morgan fingerprint density at radius 3 is 2.44 bits per heavy atom. The van der Waals surface area contributed by atoms with Crippen LogP contribution in [0, 0.1) is 0 Å². The van der Waals surface area contributed by atoms with Crippen molar-refractivity contribution in [3.05, 3.63) is 18.0 Å². The summed E-state index contributed by atoms with van der Waals surface area (Å²) in [5.74, 6) is 0. The second-order valence-electron chi connectivity index (χ2n) is 4.59. The third-order valence-corrected chi connectivity index (χ3v) is 2.88. The highest BCUT2D eigenvalue weighted by Gasteiger charge is 2.21. The lowest BCUT2D eigenvalue weighted by Gasteiger charge is -2.24. The zero-order valence-corrected chi connectivity index (χ0v) is 12.0. The number of methoxy groups -OCH3 is 2. The summed E-state index contributed by atoms with van der Waals surface area (Å²) in [7, 11) is 3.32. The van der Waals surface area contributed by atoms with E-state index in [1.165, 1.54) is 0 Å². The maximum Gasteiger partial charge on any atom is 0.172 e. The molecule has 1 rings (SSSR count). The predicted molar refractivity (Wildman–Crippen MR) is 71.6 cm³/mol. The lowest BCUT2D eigenvalue weighted by atomic mass is 10.1. The van der Waals surface area contributed by atoms with Crippen molar-refractivity contribution in [2.45, 2.75) is 45.6 Å². The van der Waals surface area contributed by atoms with Crippen LogP contribution < -0.4 is 5.32 Å². The van der Waals surface area contributed by atoms with Crippen LogP contribution in [-0.2, 0) is 15.9 Å². The number of aromatic nitrogens is 2. The molecule has 0 amide bonds. The summed E-state index contributed by atoms with van der Waals surface area (Å²) in [5.41, 5.74) is 1.05. The molecule has 0 saturated carbocycles. The van der Waals surface area contributed by atoms with E-state index in [-0.39, 0.29) is 12.3 Å². The molecule has 1 heterocycles. The quantitative estimate of drug-likeness (QED) is 0.717. The molecule has 5 nitrogen and oxygen atoms in total. The average Bonchev–Trinajstić information content (AvgIpc) is 2.79. The van der Waals surface area contributed by atoms with E-state index in [1.54, 1.807) is 14.2 Å². The Kier molecular flexibility index (Phi) is 6.32. The Labute approximate surface area is 109 Å². The fourth-order valence-electron chi connectivity index (χ4n) is 1.95. The number of rotatable bonds is 8. The fraction of sp³-hybridized carbons (Fsp3) is 0.769. The maximum absolute atomic E-state index is 5.32. The Morgan fingerprint density at radius 1 is 1.33 bits per heavy atom. The monoisotopic (exact) mass is 255 g/mol. The molecular formula is C13H25N3O2. The van der Waals surface area contributed by atoms with Gasteiger partial charge in [-0.25, -0.2) is 0 Å².